The molecule has 0 aliphatic carbocycles. The fourth-order valence-corrected chi connectivity index (χ4v) is 3.05. The Kier molecular flexibility index (Phi) is 4.95. The van der Waals surface area contributed by atoms with E-state index in [0.717, 1.165) is 23.5 Å². The van der Waals surface area contributed by atoms with Crippen molar-refractivity contribution in [3.05, 3.63) is 81.1 Å². The summed E-state index contributed by atoms with van der Waals surface area (Å²) in [5, 5.41) is 5.81. The van der Waals surface area contributed by atoms with E-state index in [4.69, 9.17) is 28.9 Å². The zero-order valence-electron chi connectivity index (χ0n) is 13.6. The van der Waals surface area contributed by atoms with Crippen LogP contribution in [0.25, 0.3) is 5.69 Å². The molecule has 0 saturated heterocycles. The Bertz CT molecular complexity index is 852. The minimum atomic E-state index is -0.144. The van der Waals surface area contributed by atoms with Crippen LogP contribution in [0.15, 0.2) is 48.5 Å². The second-order valence-corrected chi connectivity index (χ2v) is 6.86. The average molecular weight is 360 g/mol. The van der Waals surface area contributed by atoms with Gasteiger partial charge >= 0.3 is 0 Å². The van der Waals surface area contributed by atoms with Gasteiger partial charge in [-0.1, -0.05) is 53.0 Å². The SMILES string of the molecule is Cc1ccc(Cc2cc(C(C)N)nn2-c2ccc(Cl)cc2Cl)cc1. The van der Waals surface area contributed by atoms with Gasteiger partial charge in [-0.15, -0.1) is 0 Å². The normalized spacial score (nSPS) is 12.4. The molecular weight excluding hydrogens is 341 g/mol. The first-order valence-corrected chi connectivity index (χ1v) is 8.55. The van der Waals surface area contributed by atoms with Crippen molar-refractivity contribution in [2.24, 2.45) is 5.73 Å². The average Bonchev–Trinajstić information content (AvgIpc) is 2.93. The lowest BCUT2D eigenvalue weighted by molar-refractivity contribution is 0.733. The number of aryl methyl sites for hydroxylation is 1. The van der Waals surface area contributed by atoms with Gasteiger partial charge in [0.1, 0.15) is 0 Å². The van der Waals surface area contributed by atoms with Crippen molar-refractivity contribution in [1.29, 1.82) is 0 Å². The Morgan fingerprint density at radius 1 is 1.08 bits per heavy atom. The van der Waals surface area contributed by atoms with E-state index in [1.807, 2.05) is 29.8 Å². The summed E-state index contributed by atoms with van der Waals surface area (Å²) in [7, 11) is 0. The number of nitrogens with zero attached hydrogens (tertiary/aromatic N) is 2. The zero-order valence-corrected chi connectivity index (χ0v) is 15.1. The highest BCUT2D eigenvalue weighted by molar-refractivity contribution is 6.35. The molecular formula is C19H19Cl2N3. The summed E-state index contributed by atoms with van der Waals surface area (Å²) in [6, 6.07) is 15.8. The van der Waals surface area contributed by atoms with Gasteiger partial charge in [-0.05, 0) is 43.7 Å². The molecule has 5 heteroatoms. The molecule has 0 bridgehead atoms. The van der Waals surface area contributed by atoms with Crippen molar-refractivity contribution < 1.29 is 0 Å². The third kappa shape index (κ3) is 3.64. The summed E-state index contributed by atoms with van der Waals surface area (Å²) >= 11 is 12.4. The fourth-order valence-electron chi connectivity index (χ4n) is 2.57. The lowest BCUT2D eigenvalue weighted by Crippen LogP contribution is -2.07. The van der Waals surface area contributed by atoms with E-state index in [2.05, 4.69) is 36.3 Å². The summed E-state index contributed by atoms with van der Waals surface area (Å²) < 4.78 is 1.86. The van der Waals surface area contributed by atoms with Crippen LogP contribution in [0.1, 0.15) is 35.5 Å². The maximum atomic E-state index is 6.37. The second-order valence-electron chi connectivity index (χ2n) is 6.02. The molecule has 3 nitrogen and oxygen atoms in total. The number of hydrogen-bond acceptors (Lipinski definition) is 2. The van der Waals surface area contributed by atoms with Crippen molar-refractivity contribution in [3.8, 4) is 5.69 Å². The molecule has 1 unspecified atom stereocenters. The van der Waals surface area contributed by atoms with Crippen molar-refractivity contribution >= 4 is 23.2 Å². The Morgan fingerprint density at radius 3 is 2.42 bits per heavy atom. The van der Waals surface area contributed by atoms with Gasteiger partial charge in [-0.2, -0.15) is 5.10 Å². The molecule has 0 aliphatic heterocycles. The Balaban J connectivity index is 2.05. The van der Waals surface area contributed by atoms with Crippen molar-refractivity contribution in [2.75, 3.05) is 0 Å². The van der Waals surface area contributed by atoms with Gasteiger partial charge in [-0.25, -0.2) is 4.68 Å². The summed E-state index contributed by atoms with van der Waals surface area (Å²) in [6.45, 7) is 4.00. The van der Waals surface area contributed by atoms with Crippen molar-refractivity contribution in [3.63, 3.8) is 0 Å². The predicted molar refractivity (Wildman–Crippen MR) is 100 cm³/mol. The van der Waals surface area contributed by atoms with Crippen LogP contribution in [-0.2, 0) is 6.42 Å². The van der Waals surface area contributed by atoms with Gasteiger partial charge in [0.15, 0.2) is 0 Å². The maximum Gasteiger partial charge on any atom is 0.0836 e. The van der Waals surface area contributed by atoms with E-state index < -0.39 is 0 Å². The molecule has 0 spiro atoms. The van der Waals surface area contributed by atoms with Gasteiger partial charge in [0.05, 0.1) is 16.4 Å². The maximum absolute atomic E-state index is 6.37. The van der Waals surface area contributed by atoms with Crippen LogP contribution >= 0.6 is 23.2 Å². The molecule has 0 amide bonds. The van der Waals surface area contributed by atoms with Crippen LogP contribution in [0.2, 0.25) is 10.0 Å². The third-order valence-corrected chi connectivity index (χ3v) is 4.45. The van der Waals surface area contributed by atoms with E-state index in [-0.39, 0.29) is 6.04 Å². The molecule has 2 N–H and O–H groups in total. The summed E-state index contributed by atoms with van der Waals surface area (Å²) in [5.41, 5.74) is 11.1. The second kappa shape index (κ2) is 6.98. The molecule has 124 valence electrons. The molecule has 3 aromatic rings. The Labute approximate surface area is 152 Å². The van der Waals surface area contributed by atoms with Gasteiger partial charge in [0.2, 0.25) is 0 Å². The first kappa shape index (κ1) is 17.0. The monoisotopic (exact) mass is 359 g/mol. The molecule has 0 radical (unpaired) electrons. The van der Waals surface area contributed by atoms with E-state index in [1.165, 1.54) is 11.1 Å². The molecule has 0 fully saturated rings. The molecule has 2 aromatic carbocycles. The first-order valence-electron chi connectivity index (χ1n) is 7.79. The van der Waals surface area contributed by atoms with Gasteiger partial charge in [0, 0.05) is 23.2 Å². The molecule has 0 aliphatic rings. The van der Waals surface area contributed by atoms with Crippen LogP contribution in [0.5, 0.6) is 0 Å². The minimum absolute atomic E-state index is 0.144. The predicted octanol–water partition coefficient (Wildman–Crippen LogP) is 5.10. The van der Waals surface area contributed by atoms with Crippen LogP contribution in [0, 0.1) is 6.92 Å². The molecule has 0 saturated carbocycles. The van der Waals surface area contributed by atoms with Crippen molar-refractivity contribution in [1.82, 2.24) is 9.78 Å². The molecule has 1 aromatic heterocycles. The van der Waals surface area contributed by atoms with Crippen molar-refractivity contribution in [2.45, 2.75) is 26.3 Å². The quantitative estimate of drug-likeness (QED) is 0.704. The number of nitrogens with two attached hydrogens (primary N) is 1. The summed E-state index contributed by atoms with van der Waals surface area (Å²) in [6.07, 6.45) is 0.749. The molecule has 1 heterocycles. The van der Waals surface area contributed by atoms with Gasteiger partial charge in [0.25, 0.3) is 0 Å². The Hall–Kier alpha value is -1.81. The lowest BCUT2D eigenvalue weighted by Gasteiger charge is -2.10. The minimum Gasteiger partial charge on any atom is -0.323 e. The number of hydrogen-bond donors (Lipinski definition) is 1. The molecule has 1 atom stereocenters. The zero-order chi connectivity index (χ0) is 17.3. The summed E-state index contributed by atoms with van der Waals surface area (Å²) in [4.78, 5) is 0. The fraction of sp³-hybridized carbons (Fsp3) is 0.211. The van der Waals surface area contributed by atoms with E-state index >= 15 is 0 Å². The highest BCUT2D eigenvalue weighted by atomic mass is 35.5. The standard InChI is InChI=1S/C19H19Cl2N3/c1-12-3-5-14(6-4-12)9-16-11-18(13(2)22)23-24(16)19-8-7-15(20)10-17(19)21/h3-8,10-11,13H,9,22H2,1-2H3. The number of rotatable bonds is 4. The van der Waals surface area contributed by atoms with E-state index in [0.29, 0.717) is 10.0 Å². The highest BCUT2D eigenvalue weighted by Crippen LogP contribution is 2.27. The van der Waals surface area contributed by atoms with Gasteiger partial charge in [-0.3, -0.25) is 0 Å². The van der Waals surface area contributed by atoms with Gasteiger partial charge < -0.3 is 5.73 Å². The first-order chi connectivity index (χ1) is 11.4. The number of benzene rings is 2. The van der Waals surface area contributed by atoms with Crippen LogP contribution in [-0.4, -0.2) is 9.78 Å². The number of halogens is 2. The third-order valence-electron chi connectivity index (χ3n) is 3.91. The molecule has 3 rings (SSSR count). The topological polar surface area (TPSA) is 43.8 Å². The van der Waals surface area contributed by atoms with Crippen LogP contribution in [0.4, 0.5) is 0 Å². The smallest absolute Gasteiger partial charge is 0.0836 e. The van der Waals surface area contributed by atoms with Crippen LogP contribution < -0.4 is 5.73 Å². The van der Waals surface area contributed by atoms with E-state index in [1.54, 1.807) is 6.07 Å². The van der Waals surface area contributed by atoms with E-state index in [9.17, 15) is 0 Å². The number of aromatic nitrogens is 2. The molecule has 24 heavy (non-hydrogen) atoms. The Morgan fingerprint density at radius 2 is 1.79 bits per heavy atom. The summed E-state index contributed by atoms with van der Waals surface area (Å²) in [5.74, 6) is 0. The highest BCUT2D eigenvalue weighted by Gasteiger charge is 2.15. The largest absolute Gasteiger partial charge is 0.323 e. The van der Waals surface area contributed by atoms with Crippen LogP contribution in [0.3, 0.4) is 0 Å². The lowest BCUT2D eigenvalue weighted by atomic mass is 10.1.